The maximum Gasteiger partial charge on any atom is 0.303 e. The second-order valence-electron chi connectivity index (χ2n) is 3.43. The fraction of sp³-hybridized carbons (Fsp3) is 0.364. The lowest BCUT2D eigenvalue weighted by atomic mass is 10.1. The Morgan fingerprint density at radius 2 is 2.18 bits per heavy atom. The summed E-state index contributed by atoms with van der Waals surface area (Å²) in [5, 5.41) is 7.85. The number of carboxylic acids is 1. The molecule has 94 valence electrons. The third-order valence-corrected chi connectivity index (χ3v) is 2.58. The molecule has 0 saturated carbocycles. The third kappa shape index (κ3) is 3.30. The van der Waals surface area contributed by atoms with E-state index in [0.29, 0.717) is 0 Å². The van der Waals surface area contributed by atoms with Gasteiger partial charge < -0.3 is 9.84 Å². The molecule has 0 aromatic heterocycles. The number of aliphatic carboxylic acids is 1. The van der Waals surface area contributed by atoms with Gasteiger partial charge in [0.1, 0.15) is 10.8 Å². The molecule has 0 amide bonds. The predicted octanol–water partition coefficient (Wildman–Crippen LogP) is 3.03. The van der Waals surface area contributed by atoms with Crippen LogP contribution in [0, 0.1) is 11.6 Å². The Morgan fingerprint density at radius 3 is 2.71 bits per heavy atom. The lowest BCUT2D eigenvalue weighted by Crippen LogP contribution is -2.01. The molecule has 1 rings (SSSR count). The van der Waals surface area contributed by atoms with E-state index in [4.69, 9.17) is 21.4 Å². The van der Waals surface area contributed by atoms with Crippen molar-refractivity contribution in [3.8, 4) is 5.75 Å². The molecule has 17 heavy (non-hydrogen) atoms. The molecule has 0 fully saturated rings. The summed E-state index contributed by atoms with van der Waals surface area (Å²) in [6.45, 7) is 0. The number of carbonyl (C=O) groups is 1. The number of carboxylic acid groups (broad SMARTS) is 1. The molecule has 1 aromatic carbocycles. The number of benzene rings is 1. The average Bonchev–Trinajstić information content (AvgIpc) is 2.26. The van der Waals surface area contributed by atoms with Crippen LogP contribution in [0.5, 0.6) is 5.75 Å². The van der Waals surface area contributed by atoms with E-state index < -0.39 is 22.6 Å². The van der Waals surface area contributed by atoms with Gasteiger partial charge >= 0.3 is 5.97 Å². The van der Waals surface area contributed by atoms with Crippen LogP contribution >= 0.6 is 11.6 Å². The van der Waals surface area contributed by atoms with Crippen molar-refractivity contribution in [2.24, 2.45) is 0 Å². The van der Waals surface area contributed by atoms with E-state index in [2.05, 4.69) is 0 Å². The molecule has 3 nitrogen and oxygen atoms in total. The van der Waals surface area contributed by atoms with Gasteiger partial charge in [-0.05, 0) is 18.9 Å². The van der Waals surface area contributed by atoms with Crippen molar-refractivity contribution in [3.05, 3.63) is 28.3 Å². The van der Waals surface area contributed by atoms with E-state index in [9.17, 15) is 13.6 Å². The van der Waals surface area contributed by atoms with E-state index in [1.165, 1.54) is 7.11 Å². The molecule has 1 aromatic rings. The minimum absolute atomic E-state index is 0.0744. The monoisotopic (exact) mass is 264 g/mol. The van der Waals surface area contributed by atoms with Crippen LogP contribution in [0.3, 0.4) is 0 Å². The first-order chi connectivity index (χ1) is 7.97. The summed E-state index contributed by atoms with van der Waals surface area (Å²) in [5.74, 6) is -2.93. The summed E-state index contributed by atoms with van der Waals surface area (Å²) in [7, 11) is 1.24. The van der Waals surface area contributed by atoms with Gasteiger partial charge in [0.15, 0.2) is 11.6 Å². The van der Waals surface area contributed by atoms with Crippen LogP contribution in [0.1, 0.15) is 18.4 Å². The van der Waals surface area contributed by atoms with Gasteiger partial charge in [0.05, 0.1) is 7.11 Å². The first-order valence-electron chi connectivity index (χ1n) is 4.89. The highest BCUT2D eigenvalue weighted by Crippen LogP contribution is 2.32. The maximum absolute atomic E-state index is 13.5. The number of aryl methyl sites for hydroxylation is 1. The van der Waals surface area contributed by atoms with E-state index in [1.54, 1.807) is 0 Å². The summed E-state index contributed by atoms with van der Waals surface area (Å²) in [4.78, 5) is 10.3. The van der Waals surface area contributed by atoms with Gasteiger partial charge in [-0.3, -0.25) is 4.79 Å². The Kier molecular flexibility index (Phi) is 4.69. The van der Waals surface area contributed by atoms with Crippen LogP contribution in [0.15, 0.2) is 6.07 Å². The Labute approximate surface area is 102 Å². The molecule has 0 aliphatic heterocycles. The van der Waals surface area contributed by atoms with Gasteiger partial charge in [-0.2, -0.15) is 0 Å². The van der Waals surface area contributed by atoms with Crippen molar-refractivity contribution < 1.29 is 23.4 Å². The zero-order valence-electron chi connectivity index (χ0n) is 9.10. The lowest BCUT2D eigenvalue weighted by Gasteiger charge is -2.10. The Bertz CT molecular complexity index is 435. The first kappa shape index (κ1) is 13.7. The fourth-order valence-electron chi connectivity index (χ4n) is 1.46. The molecule has 0 aliphatic carbocycles. The number of ether oxygens (including phenoxy) is 1. The van der Waals surface area contributed by atoms with Crippen molar-refractivity contribution in [1.82, 2.24) is 0 Å². The number of hydrogen-bond donors (Lipinski definition) is 1. The second-order valence-corrected chi connectivity index (χ2v) is 3.80. The molecule has 0 aliphatic rings. The van der Waals surface area contributed by atoms with Crippen molar-refractivity contribution in [3.63, 3.8) is 0 Å². The van der Waals surface area contributed by atoms with Crippen LogP contribution in [0.25, 0.3) is 0 Å². The summed E-state index contributed by atoms with van der Waals surface area (Å²) >= 11 is 5.39. The standard InChI is InChI=1S/C11H11ClF2O3/c1-17-11-6(3-2-4-8(15)16)5-7(13)9(12)10(11)14/h5H,2-4H2,1H3,(H,15,16). The Morgan fingerprint density at radius 1 is 1.53 bits per heavy atom. The van der Waals surface area contributed by atoms with E-state index in [0.717, 1.165) is 6.07 Å². The molecule has 0 heterocycles. The highest BCUT2D eigenvalue weighted by Gasteiger charge is 2.17. The number of hydrogen-bond acceptors (Lipinski definition) is 2. The molecule has 0 spiro atoms. The van der Waals surface area contributed by atoms with E-state index in [-0.39, 0.29) is 30.6 Å². The highest BCUT2D eigenvalue weighted by atomic mass is 35.5. The van der Waals surface area contributed by atoms with Gasteiger partial charge in [0.25, 0.3) is 0 Å². The van der Waals surface area contributed by atoms with Crippen molar-refractivity contribution in [2.45, 2.75) is 19.3 Å². The number of rotatable bonds is 5. The molecule has 0 unspecified atom stereocenters. The summed E-state index contributed by atoms with van der Waals surface area (Å²) in [6, 6.07) is 1.06. The van der Waals surface area contributed by atoms with Crippen LogP contribution in [0.2, 0.25) is 5.02 Å². The molecule has 0 saturated heterocycles. The van der Waals surface area contributed by atoms with Crippen LogP contribution < -0.4 is 4.74 Å². The molecule has 1 N–H and O–H groups in total. The van der Waals surface area contributed by atoms with Crippen LogP contribution in [0.4, 0.5) is 8.78 Å². The fourth-order valence-corrected chi connectivity index (χ4v) is 1.60. The van der Waals surface area contributed by atoms with Crippen molar-refractivity contribution in [1.29, 1.82) is 0 Å². The molecule has 0 radical (unpaired) electrons. The largest absolute Gasteiger partial charge is 0.493 e. The number of methoxy groups -OCH3 is 1. The normalized spacial score (nSPS) is 10.4. The highest BCUT2D eigenvalue weighted by molar-refractivity contribution is 6.31. The topological polar surface area (TPSA) is 46.5 Å². The number of halogens is 3. The zero-order chi connectivity index (χ0) is 13.0. The van der Waals surface area contributed by atoms with Crippen LogP contribution in [-0.2, 0) is 11.2 Å². The van der Waals surface area contributed by atoms with Crippen LogP contribution in [-0.4, -0.2) is 18.2 Å². The summed E-state index contributed by atoms with van der Waals surface area (Å²) in [6.07, 6.45) is 0.404. The zero-order valence-corrected chi connectivity index (χ0v) is 9.85. The maximum atomic E-state index is 13.5. The Hall–Kier alpha value is -1.36. The summed E-state index contributed by atoms with van der Waals surface area (Å²) in [5.41, 5.74) is 0.271. The van der Waals surface area contributed by atoms with Gasteiger partial charge in [-0.15, -0.1) is 0 Å². The van der Waals surface area contributed by atoms with Crippen molar-refractivity contribution >= 4 is 17.6 Å². The lowest BCUT2D eigenvalue weighted by molar-refractivity contribution is -0.137. The minimum Gasteiger partial charge on any atom is -0.493 e. The third-order valence-electron chi connectivity index (χ3n) is 2.24. The predicted molar refractivity (Wildman–Crippen MR) is 58.5 cm³/mol. The van der Waals surface area contributed by atoms with E-state index in [1.807, 2.05) is 0 Å². The molecule has 0 atom stereocenters. The molecule has 6 heteroatoms. The van der Waals surface area contributed by atoms with Gasteiger partial charge in [0.2, 0.25) is 0 Å². The quantitative estimate of drug-likeness (QED) is 0.832. The second kappa shape index (κ2) is 5.82. The molecular formula is C11H11ClF2O3. The Balaban J connectivity index is 2.94. The molecule has 0 bridgehead atoms. The average molecular weight is 265 g/mol. The smallest absolute Gasteiger partial charge is 0.303 e. The first-order valence-corrected chi connectivity index (χ1v) is 5.27. The van der Waals surface area contributed by atoms with Gasteiger partial charge in [0, 0.05) is 12.0 Å². The van der Waals surface area contributed by atoms with E-state index >= 15 is 0 Å². The summed E-state index contributed by atoms with van der Waals surface area (Å²) < 4.78 is 31.5. The van der Waals surface area contributed by atoms with Gasteiger partial charge in [-0.25, -0.2) is 8.78 Å². The van der Waals surface area contributed by atoms with Crippen molar-refractivity contribution in [2.75, 3.05) is 7.11 Å². The minimum atomic E-state index is -0.959. The SMILES string of the molecule is COc1c(CCCC(=O)O)cc(F)c(Cl)c1F. The van der Waals surface area contributed by atoms with Gasteiger partial charge in [-0.1, -0.05) is 11.6 Å². The molecular weight excluding hydrogens is 254 g/mol.